The Hall–Kier alpha value is -1.10. The summed E-state index contributed by atoms with van der Waals surface area (Å²) in [5, 5.41) is 0. The van der Waals surface area contributed by atoms with Crippen LogP contribution in [0.2, 0.25) is 0 Å². The lowest BCUT2D eigenvalue weighted by atomic mass is 9.94. The van der Waals surface area contributed by atoms with Crippen molar-refractivity contribution in [2.24, 2.45) is 5.92 Å². The number of nitrogens with zero attached hydrogens (tertiary/aromatic N) is 1. The number of carbonyl (C=O) groups is 2. The van der Waals surface area contributed by atoms with Crippen LogP contribution in [0.15, 0.2) is 0 Å². The van der Waals surface area contributed by atoms with Crippen LogP contribution >= 0.6 is 0 Å². The highest BCUT2D eigenvalue weighted by molar-refractivity contribution is 5.80. The highest BCUT2D eigenvalue weighted by Crippen LogP contribution is 2.25. The molecule has 0 aromatic carbocycles. The van der Waals surface area contributed by atoms with Gasteiger partial charge in [-0.1, -0.05) is 0 Å². The minimum Gasteiger partial charge on any atom is -0.469 e. The average molecular weight is 269 g/mol. The fraction of sp³-hybridized carbons (Fsp3) is 0.857. The quantitative estimate of drug-likeness (QED) is 0.726. The van der Waals surface area contributed by atoms with Crippen LogP contribution in [0.4, 0.5) is 0 Å². The number of hydrogen-bond acceptors (Lipinski definition) is 4. The number of esters is 1. The van der Waals surface area contributed by atoms with Gasteiger partial charge in [0, 0.05) is 19.2 Å². The summed E-state index contributed by atoms with van der Waals surface area (Å²) in [4.78, 5) is 25.9. The third kappa shape index (κ3) is 3.69. The Balaban J connectivity index is 1.97. The van der Waals surface area contributed by atoms with Gasteiger partial charge in [0.05, 0.1) is 26.1 Å². The van der Waals surface area contributed by atoms with Crippen LogP contribution < -0.4 is 0 Å². The number of rotatable bonds is 3. The monoisotopic (exact) mass is 269 g/mol. The highest BCUT2D eigenvalue weighted by atomic mass is 16.5. The SMILES string of the molecule is COC(=O)CC1CCCCN1C(=O)C1CCCOC1. The second-order valence-corrected chi connectivity index (χ2v) is 5.38. The molecule has 0 N–H and O–H groups in total. The predicted octanol–water partition coefficient (Wildman–Crippen LogP) is 1.36. The van der Waals surface area contributed by atoms with E-state index in [1.54, 1.807) is 0 Å². The van der Waals surface area contributed by atoms with E-state index in [9.17, 15) is 9.59 Å². The number of piperidine rings is 1. The summed E-state index contributed by atoms with van der Waals surface area (Å²) in [7, 11) is 1.40. The predicted molar refractivity (Wildman–Crippen MR) is 69.5 cm³/mol. The van der Waals surface area contributed by atoms with Crippen molar-refractivity contribution >= 4 is 11.9 Å². The molecule has 2 aliphatic rings. The molecule has 2 rings (SSSR count). The largest absolute Gasteiger partial charge is 0.469 e. The molecule has 0 aliphatic carbocycles. The minimum atomic E-state index is -0.232. The molecule has 2 unspecified atom stereocenters. The van der Waals surface area contributed by atoms with Gasteiger partial charge >= 0.3 is 5.97 Å². The molecular weight excluding hydrogens is 246 g/mol. The Bertz CT molecular complexity index is 325. The normalized spacial score (nSPS) is 27.9. The minimum absolute atomic E-state index is 0.00984. The first-order valence-corrected chi connectivity index (χ1v) is 7.17. The van der Waals surface area contributed by atoms with Crippen molar-refractivity contribution in [3.05, 3.63) is 0 Å². The van der Waals surface area contributed by atoms with Gasteiger partial charge in [0.25, 0.3) is 0 Å². The first-order chi connectivity index (χ1) is 9.22. The van der Waals surface area contributed by atoms with Gasteiger partial charge in [0.15, 0.2) is 0 Å². The molecule has 0 spiro atoms. The van der Waals surface area contributed by atoms with Gasteiger partial charge in [0.2, 0.25) is 5.91 Å². The van der Waals surface area contributed by atoms with Gasteiger partial charge in [-0.3, -0.25) is 9.59 Å². The first kappa shape index (κ1) is 14.3. The van der Waals surface area contributed by atoms with Crippen molar-refractivity contribution in [3.8, 4) is 0 Å². The molecule has 2 saturated heterocycles. The molecule has 2 heterocycles. The van der Waals surface area contributed by atoms with E-state index in [1.807, 2.05) is 4.90 Å². The van der Waals surface area contributed by atoms with E-state index in [0.29, 0.717) is 13.0 Å². The summed E-state index contributed by atoms with van der Waals surface area (Å²) in [6.45, 7) is 2.05. The molecule has 1 amide bonds. The van der Waals surface area contributed by atoms with Crippen molar-refractivity contribution in [2.45, 2.75) is 44.6 Å². The maximum Gasteiger partial charge on any atom is 0.307 e. The second kappa shape index (κ2) is 6.89. The van der Waals surface area contributed by atoms with E-state index in [-0.39, 0.29) is 23.8 Å². The number of carbonyl (C=O) groups excluding carboxylic acids is 2. The topological polar surface area (TPSA) is 55.8 Å². The number of ether oxygens (including phenoxy) is 2. The molecule has 0 bridgehead atoms. The van der Waals surface area contributed by atoms with Crippen molar-refractivity contribution in [1.82, 2.24) is 4.90 Å². The van der Waals surface area contributed by atoms with E-state index < -0.39 is 0 Å². The van der Waals surface area contributed by atoms with Crippen LogP contribution in [0.25, 0.3) is 0 Å². The summed E-state index contributed by atoms with van der Waals surface area (Å²) in [6.07, 6.45) is 5.17. The van der Waals surface area contributed by atoms with Crippen molar-refractivity contribution in [1.29, 1.82) is 0 Å². The summed E-state index contributed by atoms with van der Waals surface area (Å²) in [5.41, 5.74) is 0. The van der Waals surface area contributed by atoms with Gasteiger partial charge in [-0.2, -0.15) is 0 Å². The molecule has 2 fully saturated rings. The third-order valence-electron chi connectivity index (χ3n) is 4.05. The molecule has 2 aliphatic heterocycles. The number of amides is 1. The van der Waals surface area contributed by atoms with Gasteiger partial charge in [-0.15, -0.1) is 0 Å². The average Bonchev–Trinajstić information content (AvgIpc) is 2.48. The third-order valence-corrected chi connectivity index (χ3v) is 4.05. The molecule has 5 nitrogen and oxygen atoms in total. The molecular formula is C14H23NO4. The summed E-state index contributed by atoms with van der Waals surface area (Å²) >= 11 is 0. The van der Waals surface area contributed by atoms with Crippen molar-refractivity contribution in [2.75, 3.05) is 26.9 Å². The molecule has 0 saturated carbocycles. The van der Waals surface area contributed by atoms with E-state index in [0.717, 1.165) is 45.3 Å². The Kier molecular flexibility index (Phi) is 5.19. The van der Waals surface area contributed by atoms with Gasteiger partial charge in [0.1, 0.15) is 0 Å². The number of likely N-dealkylation sites (tertiary alicyclic amines) is 1. The molecule has 108 valence electrons. The Morgan fingerprint density at radius 1 is 1.26 bits per heavy atom. The standard InChI is InChI=1S/C14H23NO4/c1-18-13(16)9-12-6-2-3-7-15(12)14(17)11-5-4-8-19-10-11/h11-12H,2-10H2,1H3. The molecule has 5 heteroatoms. The van der Waals surface area contributed by atoms with Crippen LogP contribution in [0.5, 0.6) is 0 Å². The lowest BCUT2D eigenvalue weighted by Gasteiger charge is -2.38. The van der Waals surface area contributed by atoms with E-state index >= 15 is 0 Å². The zero-order valence-corrected chi connectivity index (χ0v) is 11.6. The summed E-state index contributed by atoms with van der Waals surface area (Å²) < 4.78 is 10.1. The Morgan fingerprint density at radius 2 is 2.11 bits per heavy atom. The maximum absolute atomic E-state index is 12.5. The van der Waals surface area contributed by atoms with E-state index in [4.69, 9.17) is 9.47 Å². The van der Waals surface area contributed by atoms with Crippen LogP contribution in [0.3, 0.4) is 0 Å². The van der Waals surface area contributed by atoms with Gasteiger partial charge < -0.3 is 14.4 Å². The lowest BCUT2D eigenvalue weighted by molar-refractivity contribution is -0.148. The van der Waals surface area contributed by atoms with E-state index in [1.165, 1.54) is 7.11 Å². The van der Waals surface area contributed by atoms with Crippen LogP contribution in [-0.4, -0.2) is 49.7 Å². The van der Waals surface area contributed by atoms with Crippen LogP contribution in [0, 0.1) is 5.92 Å². The van der Waals surface area contributed by atoms with E-state index in [2.05, 4.69) is 0 Å². The summed E-state index contributed by atoms with van der Waals surface area (Å²) in [6, 6.07) is 0.00984. The van der Waals surface area contributed by atoms with Gasteiger partial charge in [-0.05, 0) is 32.1 Å². The highest BCUT2D eigenvalue weighted by Gasteiger charge is 2.33. The van der Waals surface area contributed by atoms with Gasteiger partial charge in [-0.25, -0.2) is 0 Å². The Labute approximate surface area is 114 Å². The zero-order valence-electron chi connectivity index (χ0n) is 11.6. The molecule has 0 aromatic heterocycles. The fourth-order valence-corrected chi connectivity index (χ4v) is 2.95. The van der Waals surface area contributed by atoms with Crippen LogP contribution in [-0.2, 0) is 19.1 Å². The van der Waals surface area contributed by atoms with Crippen molar-refractivity contribution < 1.29 is 19.1 Å². The smallest absolute Gasteiger partial charge is 0.307 e. The molecule has 19 heavy (non-hydrogen) atoms. The lowest BCUT2D eigenvalue weighted by Crippen LogP contribution is -2.48. The second-order valence-electron chi connectivity index (χ2n) is 5.38. The fourth-order valence-electron chi connectivity index (χ4n) is 2.95. The molecule has 0 aromatic rings. The molecule has 0 radical (unpaired) electrons. The van der Waals surface area contributed by atoms with Crippen molar-refractivity contribution in [3.63, 3.8) is 0 Å². The first-order valence-electron chi connectivity index (χ1n) is 7.17. The maximum atomic E-state index is 12.5. The van der Waals surface area contributed by atoms with Crippen LogP contribution in [0.1, 0.15) is 38.5 Å². The number of methoxy groups -OCH3 is 1. The summed E-state index contributed by atoms with van der Waals surface area (Å²) in [5.74, 6) is -0.0927. The molecule has 2 atom stereocenters. The Morgan fingerprint density at radius 3 is 2.79 bits per heavy atom. The number of hydrogen-bond donors (Lipinski definition) is 0. The zero-order chi connectivity index (χ0) is 13.7.